The molecule has 3 aliphatic heterocycles. The lowest BCUT2D eigenvalue weighted by Crippen LogP contribution is -2.51. The summed E-state index contributed by atoms with van der Waals surface area (Å²) in [6, 6.07) is 20.6. The van der Waals surface area contributed by atoms with Crippen LogP contribution in [-0.2, 0) is 4.79 Å². The second-order valence-electron chi connectivity index (χ2n) is 12.6. The molecule has 0 bridgehead atoms. The molecule has 0 saturated carbocycles. The molecule has 3 heterocycles. The normalized spacial score (nSPS) is 21.8. The zero-order valence-corrected chi connectivity index (χ0v) is 25.9. The summed E-state index contributed by atoms with van der Waals surface area (Å²) < 4.78 is 0. The molecule has 2 saturated heterocycles. The maximum absolute atomic E-state index is 14.0. The summed E-state index contributed by atoms with van der Waals surface area (Å²) in [6.07, 6.45) is 4.16. The van der Waals surface area contributed by atoms with Crippen LogP contribution in [0.15, 0.2) is 66.4 Å². The van der Waals surface area contributed by atoms with E-state index >= 15 is 0 Å². The molecule has 0 atom stereocenters. The Morgan fingerprint density at radius 3 is 2.23 bits per heavy atom. The van der Waals surface area contributed by atoms with Crippen molar-refractivity contribution in [2.24, 2.45) is 0 Å². The number of nitrogens with one attached hydrogen (secondary N) is 3. The van der Waals surface area contributed by atoms with E-state index in [1.165, 1.54) is 0 Å². The highest BCUT2D eigenvalue weighted by molar-refractivity contribution is 7.99. The number of hydrogen-bond acceptors (Lipinski definition) is 7. The smallest absolute Gasteiger partial charge is 0.201 e. The molecule has 43 heavy (non-hydrogen) atoms. The highest BCUT2D eigenvalue weighted by atomic mass is 32.2. The Labute approximate surface area is 259 Å². The third kappa shape index (κ3) is 4.26. The van der Waals surface area contributed by atoms with Gasteiger partial charge >= 0.3 is 0 Å². The third-order valence-electron chi connectivity index (χ3n) is 9.78. The lowest BCUT2D eigenvalue weighted by molar-refractivity contribution is -0.109. The maximum atomic E-state index is 14.0. The zero-order valence-electron chi connectivity index (χ0n) is 24.3. The average Bonchev–Trinajstić information content (AvgIpc) is 3.00. The Morgan fingerprint density at radius 1 is 0.814 bits per heavy atom. The first-order chi connectivity index (χ1) is 20.9. The first-order valence-electron chi connectivity index (χ1n) is 15.2. The van der Waals surface area contributed by atoms with Gasteiger partial charge in [-0.2, -0.15) is 23.5 Å². The maximum Gasteiger partial charge on any atom is 0.201 e. The molecule has 7 heteroatoms. The van der Waals surface area contributed by atoms with Gasteiger partial charge in [0, 0.05) is 33.2 Å². The lowest BCUT2D eigenvalue weighted by atomic mass is 9.79. The molecule has 0 aromatic heterocycles. The molecule has 2 fully saturated rings. The number of aliphatic hydroxyl groups excluding tert-OH is 1. The Balaban J connectivity index is 1.27. The summed E-state index contributed by atoms with van der Waals surface area (Å²) >= 11 is 3.98. The van der Waals surface area contributed by atoms with E-state index in [0.29, 0.717) is 16.4 Å². The van der Waals surface area contributed by atoms with Crippen molar-refractivity contribution < 1.29 is 9.90 Å². The van der Waals surface area contributed by atoms with Gasteiger partial charge in [-0.1, -0.05) is 55.1 Å². The predicted molar refractivity (Wildman–Crippen MR) is 186 cm³/mol. The quantitative estimate of drug-likeness (QED) is 0.203. The van der Waals surface area contributed by atoms with E-state index in [2.05, 4.69) is 65.9 Å². The van der Waals surface area contributed by atoms with Crippen molar-refractivity contribution in [1.29, 1.82) is 0 Å². The molecule has 0 unspecified atom stereocenters. The van der Waals surface area contributed by atoms with Crippen molar-refractivity contribution in [2.45, 2.75) is 43.8 Å². The molecule has 218 valence electrons. The molecular formula is C36H35N3O2S2. The van der Waals surface area contributed by atoms with E-state index in [4.69, 9.17) is 0 Å². The van der Waals surface area contributed by atoms with Crippen LogP contribution < -0.4 is 26.4 Å². The molecular weight excluding hydrogens is 571 g/mol. The third-order valence-corrected chi connectivity index (χ3v) is 11.8. The van der Waals surface area contributed by atoms with Crippen molar-refractivity contribution in [2.75, 3.05) is 39.0 Å². The van der Waals surface area contributed by atoms with Crippen LogP contribution in [0.25, 0.3) is 39.3 Å². The predicted octanol–water partition coefficient (Wildman–Crippen LogP) is 6.86. The Bertz CT molecular complexity index is 1990. The highest BCUT2D eigenvalue weighted by Crippen LogP contribution is 2.48. The molecule has 4 aromatic carbocycles. The van der Waals surface area contributed by atoms with Gasteiger partial charge in [0.25, 0.3) is 0 Å². The number of ketones is 1. The van der Waals surface area contributed by atoms with E-state index in [0.717, 1.165) is 98.1 Å². The van der Waals surface area contributed by atoms with Crippen LogP contribution in [0.2, 0.25) is 0 Å². The van der Waals surface area contributed by atoms with E-state index in [1.54, 1.807) is 0 Å². The molecule has 4 N–H and O–H groups in total. The summed E-state index contributed by atoms with van der Waals surface area (Å²) in [5.74, 6) is 4.35. The molecule has 4 aliphatic rings. The molecule has 0 radical (unpaired) electrons. The number of anilines is 3. The molecule has 4 aromatic rings. The first kappa shape index (κ1) is 27.0. The minimum atomic E-state index is -0.256. The number of allylic oxidation sites excluding steroid dienone is 2. The SMILES string of the molecule is C=c1/c(=C2\C(=O)C(c3ccc4cccc5c4c3NC3(CCSCC3)N5)=C2O)ccc2cccc(NC3(C)CCSCC3)c12. The summed E-state index contributed by atoms with van der Waals surface area (Å²) in [7, 11) is 0. The van der Waals surface area contributed by atoms with Crippen molar-refractivity contribution in [1.82, 2.24) is 0 Å². The van der Waals surface area contributed by atoms with Gasteiger partial charge in [-0.05, 0) is 89.0 Å². The zero-order chi connectivity index (χ0) is 29.3. The van der Waals surface area contributed by atoms with Gasteiger partial charge < -0.3 is 21.1 Å². The summed E-state index contributed by atoms with van der Waals surface area (Å²) in [5.41, 5.74) is 4.32. The standard InChI is InChI=1S/C36H35N3O2S2/c1-21-24(11-9-22-5-3-7-26(28(21)22)37-35(2)13-17-42-18-14-35)30-33(40)31(34(30)41)25-12-10-23-6-4-8-27-29(23)32(25)39-36(38-27)15-19-43-20-16-36/h3-12,37-40H,1,13-20H2,2H3/b30-24-. The number of hydrogen-bond donors (Lipinski definition) is 4. The number of fused-ring (bicyclic) bond motifs is 1. The van der Waals surface area contributed by atoms with E-state index in [1.807, 2.05) is 47.8 Å². The topological polar surface area (TPSA) is 73.4 Å². The molecule has 1 aliphatic carbocycles. The highest BCUT2D eigenvalue weighted by Gasteiger charge is 2.41. The number of benzene rings is 4. The number of carbonyl (C=O) groups is 1. The minimum Gasteiger partial charge on any atom is -0.506 e. The fraction of sp³-hybridized carbons (Fsp3) is 0.306. The van der Waals surface area contributed by atoms with Gasteiger partial charge in [-0.15, -0.1) is 0 Å². The second kappa shape index (κ2) is 10.00. The van der Waals surface area contributed by atoms with Crippen molar-refractivity contribution in [3.63, 3.8) is 0 Å². The van der Waals surface area contributed by atoms with Gasteiger partial charge in [-0.25, -0.2) is 0 Å². The molecule has 0 amide bonds. The number of Topliss-reactive ketones (excluding diaryl/α,β-unsaturated/α-hetero) is 1. The fourth-order valence-corrected chi connectivity index (χ4v) is 9.87. The number of carbonyl (C=O) groups excluding carboxylic acids is 1. The first-order valence-corrected chi connectivity index (χ1v) is 17.5. The van der Waals surface area contributed by atoms with Gasteiger partial charge in [0.15, 0.2) is 0 Å². The lowest BCUT2D eigenvalue weighted by Gasteiger charge is -2.44. The second-order valence-corrected chi connectivity index (χ2v) is 15.0. The number of aliphatic hydroxyl groups is 1. The van der Waals surface area contributed by atoms with Crippen LogP contribution in [-0.4, -0.2) is 45.1 Å². The van der Waals surface area contributed by atoms with Crippen LogP contribution in [0.3, 0.4) is 0 Å². The van der Waals surface area contributed by atoms with Crippen LogP contribution in [0.4, 0.5) is 17.1 Å². The van der Waals surface area contributed by atoms with Crippen molar-refractivity contribution in [3.8, 4) is 0 Å². The van der Waals surface area contributed by atoms with Gasteiger partial charge in [0.05, 0.1) is 16.8 Å². The van der Waals surface area contributed by atoms with Gasteiger partial charge in [0.2, 0.25) is 5.78 Å². The summed E-state index contributed by atoms with van der Waals surface area (Å²) in [5, 5.41) is 28.8. The largest absolute Gasteiger partial charge is 0.506 e. The Kier molecular flexibility index (Phi) is 6.28. The molecule has 5 nitrogen and oxygen atoms in total. The summed E-state index contributed by atoms with van der Waals surface area (Å²) in [4.78, 5) is 14.0. The fourth-order valence-electron chi connectivity index (χ4n) is 7.29. The van der Waals surface area contributed by atoms with Gasteiger partial charge in [-0.3, -0.25) is 4.79 Å². The number of rotatable bonds is 3. The van der Waals surface area contributed by atoms with E-state index in [-0.39, 0.29) is 22.7 Å². The monoisotopic (exact) mass is 605 g/mol. The number of thioether (sulfide) groups is 2. The minimum absolute atomic E-state index is 0.0170. The Hall–Kier alpha value is -3.55. The van der Waals surface area contributed by atoms with Crippen molar-refractivity contribution >= 4 is 85.6 Å². The van der Waals surface area contributed by atoms with Gasteiger partial charge in [0.1, 0.15) is 11.4 Å². The van der Waals surface area contributed by atoms with Crippen LogP contribution in [0, 0.1) is 0 Å². The average molecular weight is 606 g/mol. The van der Waals surface area contributed by atoms with E-state index < -0.39 is 0 Å². The molecule has 1 spiro atoms. The summed E-state index contributed by atoms with van der Waals surface area (Å²) in [6.45, 7) is 6.77. The van der Waals surface area contributed by atoms with Crippen LogP contribution in [0.5, 0.6) is 0 Å². The van der Waals surface area contributed by atoms with Crippen LogP contribution in [0.1, 0.15) is 38.2 Å². The van der Waals surface area contributed by atoms with E-state index in [9.17, 15) is 9.90 Å². The van der Waals surface area contributed by atoms with Crippen molar-refractivity contribution in [3.05, 3.63) is 82.4 Å². The molecule has 8 rings (SSSR count). The van der Waals surface area contributed by atoms with Crippen LogP contribution >= 0.6 is 23.5 Å². The Morgan fingerprint density at radius 2 is 1.49 bits per heavy atom.